The molecule has 0 saturated heterocycles. The number of thiol groups is 1. The Morgan fingerprint density at radius 1 is 1.42 bits per heavy atom. The number of hydrogen-bond donors (Lipinski definition) is 3. The van der Waals surface area contributed by atoms with Gasteiger partial charge in [-0.3, -0.25) is 0 Å². The third kappa shape index (κ3) is 1.85. The lowest BCUT2D eigenvalue weighted by Gasteiger charge is -2.10. The van der Waals surface area contributed by atoms with Gasteiger partial charge in [0.25, 0.3) is 0 Å². The monoisotopic (exact) mass is 184 g/mol. The van der Waals surface area contributed by atoms with Gasteiger partial charge in [-0.05, 0) is 23.3 Å². The highest BCUT2D eigenvalue weighted by atomic mass is 32.1. The molecule has 0 heterocycles. The van der Waals surface area contributed by atoms with Crippen molar-refractivity contribution in [2.75, 3.05) is 5.75 Å². The van der Waals surface area contributed by atoms with Gasteiger partial charge in [0, 0.05) is 6.07 Å². The first-order chi connectivity index (χ1) is 5.65. The van der Waals surface area contributed by atoms with Crippen LogP contribution in [0.4, 0.5) is 0 Å². The standard InChI is InChI=1S/C9H12O2S/c1-6(5-12)8-3-2-7(10)4-9(8)11/h2-4,6,10-12H,5H2,1H3. The number of hydrogen-bond acceptors (Lipinski definition) is 3. The number of aromatic hydroxyl groups is 2. The largest absolute Gasteiger partial charge is 0.508 e. The van der Waals surface area contributed by atoms with Crippen LogP contribution in [0.2, 0.25) is 0 Å². The average Bonchev–Trinajstić information content (AvgIpc) is 2.03. The van der Waals surface area contributed by atoms with Crippen LogP contribution < -0.4 is 0 Å². The predicted molar refractivity (Wildman–Crippen MR) is 52.0 cm³/mol. The van der Waals surface area contributed by atoms with Crippen molar-refractivity contribution in [3.63, 3.8) is 0 Å². The van der Waals surface area contributed by atoms with Gasteiger partial charge in [0.1, 0.15) is 11.5 Å². The van der Waals surface area contributed by atoms with Gasteiger partial charge in [-0.25, -0.2) is 0 Å². The molecular formula is C9H12O2S. The van der Waals surface area contributed by atoms with Crippen LogP contribution in [0.1, 0.15) is 18.4 Å². The minimum Gasteiger partial charge on any atom is -0.508 e. The lowest BCUT2D eigenvalue weighted by molar-refractivity contribution is 0.444. The highest BCUT2D eigenvalue weighted by Crippen LogP contribution is 2.29. The molecule has 66 valence electrons. The van der Waals surface area contributed by atoms with Gasteiger partial charge in [-0.15, -0.1) is 0 Å². The summed E-state index contributed by atoms with van der Waals surface area (Å²) in [5.41, 5.74) is 0.822. The van der Waals surface area contributed by atoms with Crippen molar-refractivity contribution in [3.8, 4) is 11.5 Å². The molecule has 0 fully saturated rings. The van der Waals surface area contributed by atoms with E-state index in [9.17, 15) is 5.11 Å². The zero-order valence-corrected chi connectivity index (χ0v) is 7.75. The third-order valence-electron chi connectivity index (χ3n) is 1.82. The van der Waals surface area contributed by atoms with Crippen LogP contribution >= 0.6 is 12.6 Å². The summed E-state index contributed by atoms with van der Waals surface area (Å²) in [6.45, 7) is 1.97. The highest BCUT2D eigenvalue weighted by molar-refractivity contribution is 7.80. The third-order valence-corrected chi connectivity index (χ3v) is 2.37. The molecule has 1 aromatic carbocycles. The van der Waals surface area contributed by atoms with Crippen LogP contribution in [0.25, 0.3) is 0 Å². The molecule has 0 amide bonds. The second kappa shape index (κ2) is 3.72. The molecule has 0 radical (unpaired) electrons. The fraction of sp³-hybridized carbons (Fsp3) is 0.333. The summed E-state index contributed by atoms with van der Waals surface area (Å²) < 4.78 is 0. The van der Waals surface area contributed by atoms with E-state index in [1.807, 2.05) is 6.92 Å². The van der Waals surface area contributed by atoms with Crippen LogP contribution in [-0.2, 0) is 0 Å². The van der Waals surface area contributed by atoms with Gasteiger partial charge in [0.05, 0.1) is 0 Å². The molecule has 0 aliphatic carbocycles. The van der Waals surface area contributed by atoms with E-state index in [1.54, 1.807) is 12.1 Å². The van der Waals surface area contributed by atoms with Crippen LogP contribution in [-0.4, -0.2) is 16.0 Å². The Bertz CT molecular complexity index is 273. The molecule has 1 atom stereocenters. The molecule has 1 unspecified atom stereocenters. The van der Waals surface area contributed by atoms with Crippen molar-refractivity contribution < 1.29 is 10.2 Å². The molecule has 0 bridgehead atoms. The van der Waals surface area contributed by atoms with E-state index >= 15 is 0 Å². The minimum atomic E-state index is 0.0858. The summed E-state index contributed by atoms with van der Waals surface area (Å²) in [5, 5.41) is 18.4. The van der Waals surface area contributed by atoms with Crippen LogP contribution in [0, 0.1) is 0 Å². The molecule has 0 aliphatic heterocycles. The smallest absolute Gasteiger partial charge is 0.122 e. The summed E-state index contributed by atoms with van der Waals surface area (Å²) in [6.07, 6.45) is 0. The fourth-order valence-corrected chi connectivity index (χ4v) is 1.24. The summed E-state index contributed by atoms with van der Waals surface area (Å²) in [5.74, 6) is 1.10. The van der Waals surface area contributed by atoms with Crippen molar-refractivity contribution >= 4 is 12.6 Å². The van der Waals surface area contributed by atoms with Crippen LogP contribution in [0.5, 0.6) is 11.5 Å². The second-order valence-corrected chi connectivity index (χ2v) is 3.19. The number of phenolic OH excluding ortho intramolecular Hbond substituents is 2. The Morgan fingerprint density at radius 3 is 2.58 bits per heavy atom. The van der Waals surface area contributed by atoms with Crippen molar-refractivity contribution in [2.24, 2.45) is 0 Å². The average molecular weight is 184 g/mol. The molecule has 0 aromatic heterocycles. The number of phenols is 2. The van der Waals surface area contributed by atoms with Crippen LogP contribution in [0.15, 0.2) is 18.2 Å². The lowest BCUT2D eigenvalue weighted by Crippen LogP contribution is -1.94. The first kappa shape index (κ1) is 9.26. The SMILES string of the molecule is CC(CS)c1ccc(O)cc1O. The number of benzene rings is 1. The molecule has 2 nitrogen and oxygen atoms in total. The Labute approximate surface area is 77.3 Å². The first-order valence-corrected chi connectivity index (χ1v) is 4.41. The van der Waals surface area contributed by atoms with E-state index in [-0.39, 0.29) is 17.4 Å². The molecule has 3 heteroatoms. The number of rotatable bonds is 2. The summed E-state index contributed by atoms with van der Waals surface area (Å²) in [4.78, 5) is 0. The molecule has 0 saturated carbocycles. The fourth-order valence-electron chi connectivity index (χ4n) is 1.05. The van der Waals surface area contributed by atoms with Gasteiger partial charge in [-0.2, -0.15) is 12.6 Å². The zero-order chi connectivity index (χ0) is 9.14. The Balaban J connectivity index is 3.01. The lowest BCUT2D eigenvalue weighted by atomic mass is 10.0. The van der Waals surface area contributed by atoms with E-state index in [0.29, 0.717) is 5.75 Å². The van der Waals surface area contributed by atoms with Crippen molar-refractivity contribution in [1.82, 2.24) is 0 Å². The van der Waals surface area contributed by atoms with E-state index in [0.717, 1.165) is 5.56 Å². The van der Waals surface area contributed by atoms with Gasteiger partial charge < -0.3 is 10.2 Å². The molecular weight excluding hydrogens is 172 g/mol. The van der Waals surface area contributed by atoms with E-state index in [2.05, 4.69) is 12.6 Å². The van der Waals surface area contributed by atoms with Gasteiger partial charge in [0.2, 0.25) is 0 Å². The minimum absolute atomic E-state index is 0.0858. The van der Waals surface area contributed by atoms with Crippen molar-refractivity contribution in [2.45, 2.75) is 12.8 Å². The zero-order valence-electron chi connectivity index (χ0n) is 6.86. The molecule has 0 aliphatic rings. The highest BCUT2D eigenvalue weighted by Gasteiger charge is 2.08. The second-order valence-electron chi connectivity index (χ2n) is 2.83. The Hall–Kier alpha value is -0.830. The maximum Gasteiger partial charge on any atom is 0.122 e. The van der Waals surface area contributed by atoms with Crippen molar-refractivity contribution in [3.05, 3.63) is 23.8 Å². The summed E-state index contributed by atoms with van der Waals surface area (Å²) >= 11 is 4.13. The molecule has 1 rings (SSSR count). The van der Waals surface area contributed by atoms with Gasteiger partial charge >= 0.3 is 0 Å². The van der Waals surface area contributed by atoms with Gasteiger partial charge in [0.15, 0.2) is 0 Å². The Morgan fingerprint density at radius 2 is 2.08 bits per heavy atom. The quantitative estimate of drug-likeness (QED) is 0.616. The predicted octanol–water partition coefficient (Wildman–Crippen LogP) is 2.13. The van der Waals surface area contributed by atoms with Crippen LogP contribution in [0.3, 0.4) is 0 Å². The van der Waals surface area contributed by atoms with E-state index < -0.39 is 0 Å². The molecule has 12 heavy (non-hydrogen) atoms. The summed E-state index contributed by atoms with van der Waals surface area (Å²) in [7, 11) is 0. The normalized spacial score (nSPS) is 12.8. The molecule has 2 N–H and O–H groups in total. The molecule has 0 spiro atoms. The van der Waals surface area contributed by atoms with Crippen molar-refractivity contribution in [1.29, 1.82) is 0 Å². The maximum atomic E-state index is 9.40. The maximum absolute atomic E-state index is 9.40. The van der Waals surface area contributed by atoms with E-state index in [4.69, 9.17) is 5.11 Å². The van der Waals surface area contributed by atoms with E-state index in [1.165, 1.54) is 6.07 Å². The Kier molecular flexibility index (Phi) is 2.87. The first-order valence-electron chi connectivity index (χ1n) is 3.78. The molecule has 1 aromatic rings. The van der Waals surface area contributed by atoms with Gasteiger partial charge in [-0.1, -0.05) is 13.0 Å². The topological polar surface area (TPSA) is 40.5 Å². The summed E-state index contributed by atoms with van der Waals surface area (Å²) in [6, 6.07) is 4.62.